The van der Waals surface area contributed by atoms with Crippen LogP contribution in [0.1, 0.15) is 28.8 Å². The Kier molecular flexibility index (Phi) is 2.94. The van der Waals surface area contributed by atoms with Gasteiger partial charge in [0.05, 0.1) is 5.56 Å². The summed E-state index contributed by atoms with van der Waals surface area (Å²) in [7, 11) is 0. The van der Waals surface area contributed by atoms with E-state index in [0.717, 1.165) is 18.5 Å². The molecule has 0 spiro atoms. The molecule has 0 saturated carbocycles. The molecule has 0 aromatic heterocycles. The number of hydrogen-bond donors (Lipinski definition) is 3. The predicted molar refractivity (Wildman–Crippen MR) is 59.4 cm³/mol. The van der Waals surface area contributed by atoms with Crippen molar-refractivity contribution in [1.29, 1.82) is 0 Å². The average Bonchev–Trinajstić information content (AvgIpc) is 2.30. The monoisotopic (exact) mass is 221 g/mol. The van der Waals surface area contributed by atoms with E-state index in [1.54, 1.807) is 12.1 Å². The Labute approximate surface area is 93.9 Å². The van der Waals surface area contributed by atoms with E-state index in [1.807, 2.05) is 0 Å². The molecule has 1 heterocycles. The highest BCUT2D eigenvalue weighted by molar-refractivity contribution is 5.87. The van der Waals surface area contributed by atoms with E-state index in [-0.39, 0.29) is 5.56 Å². The average molecular weight is 221 g/mol. The second-order valence-electron chi connectivity index (χ2n) is 4.19. The molecule has 2 rings (SSSR count). The number of carbonyl (C=O) groups is 1. The fraction of sp³-hybridized carbons (Fsp3) is 0.417. The first-order valence-corrected chi connectivity index (χ1v) is 5.39. The summed E-state index contributed by atoms with van der Waals surface area (Å²) >= 11 is 0. The lowest BCUT2D eigenvalue weighted by molar-refractivity contribution is 0.0122. The lowest BCUT2D eigenvalue weighted by Gasteiger charge is -2.33. The van der Waals surface area contributed by atoms with Crippen LogP contribution in [0, 0.1) is 0 Å². The molecule has 1 unspecified atom stereocenters. The second-order valence-corrected chi connectivity index (χ2v) is 4.19. The van der Waals surface area contributed by atoms with Crippen LogP contribution in [-0.2, 0) is 5.60 Å². The maximum Gasteiger partial charge on any atom is 0.335 e. The van der Waals surface area contributed by atoms with Crippen LogP contribution in [0.2, 0.25) is 0 Å². The number of nitrogens with one attached hydrogen (secondary N) is 1. The first kappa shape index (κ1) is 11.1. The molecule has 3 N–H and O–H groups in total. The zero-order chi connectivity index (χ0) is 11.6. The van der Waals surface area contributed by atoms with Crippen molar-refractivity contribution in [2.45, 2.75) is 18.4 Å². The lowest BCUT2D eigenvalue weighted by atomic mass is 9.86. The normalized spacial score (nSPS) is 25.3. The minimum atomic E-state index is -0.944. The van der Waals surface area contributed by atoms with E-state index in [1.165, 1.54) is 12.1 Å². The largest absolute Gasteiger partial charge is 0.478 e. The molecule has 1 atom stereocenters. The van der Waals surface area contributed by atoms with Crippen LogP contribution < -0.4 is 5.32 Å². The minimum absolute atomic E-state index is 0.246. The van der Waals surface area contributed by atoms with Crippen molar-refractivity contribution in [3.8, 4) is 0 Å². The van der Waals surface area contributed by atoms with Gasteiger partial charge in [0, 0.05) is 6.54 Å². The highest BCUT2D eigenvalue weighted by atomic mass is 16.4. The van der Waals surface area contributed by atoms with Gasteiger partial charge in [0.15, 0.2) is 0 Å². The van der Waals surface area contributed by atoms with Crippen molar-refractivity contribution in [3.05, 3.63) is 35.4 Å². The molecule has 0 aliphatic carbocycles. The fourth-order valence-electron chi connectivity index (χ4n) is 2.06. The van der Waals surface area contributed by atoms with Crippen molar-refractivity contribution in [1.82, 2.24) is 5.32 Å². The van der Waals surface area contributed by atoms with Crippen molar-refractivity contribution in [3.63, 3.8) is 0 Å². The molecule has 0 bridgehead atoms. The van der Waals surface area contributed by atoms with Crippen LogP contribution in [0.3, 0.4) is 0 Å². The highest BCUT2D eigenvalue weighted by Crippen LogP contribution is 2.28. The van der Waals surface area contributed by atoms with Crippen LogP contribution in [0.4, 0.5) is 0 Å². The van der Waals surface area contributed by atoms with Gasteiger partial charge in [-0.25, -0.2) is 4.79 Å². The van der Waals surface area contributed by atoms with E-state index in [4.69, 9.17) is 5.11 Å². The van der Waals surface area contributed by atoms with Gasteiger partial charge in [-0.05, 0) is 37.1 Å². The number of piperidine rings is 1. The Morgan fingerprint density at radius 1 is 1.31 bits per heavy atom. The number of carboxylic acid groups (broad SMARTS) is 1. The van der Waals surface area contributed by atoms with Crippen molar-refractivity contribution < 1.29 is 15.0 Å². The summed E-state index contributed by atoms with van der Waals surface area (Å²) in [6.07, 6.45) is 1.64. The van der Waals surface area contributed by atoms with Gasteiger partial charge < -0.3 is 15.5 Å². The molecule has 16 heavy (non-hydrogen) atoms. The molecule has 4 nitrogen and oxygen atoms in total. The predicted octanol–water partition coefficient (Wildman–Crippen LogP) is 0.956. The van der Waals surface area contributed by atoms with E-state index in [0.29, 0.717) is 13.0 Å². The third-order valence-electron chi connectivity index (χ3n) is 3.03. The number of aliphatic hydroxyl groups is 1. The maximum atomic E-state index is 10.7. The maximum absolute atomic E-state index is 10.7. The van der Waals surface area contributed by atoms with Gasteiger partial charge in [-0.3, -0.25) is 0 Å². The summed E-state index contributed by atoms with van der Waals surface area (Å²) in [6, 6.07) is 6.45. The smallest absolute Gasteiger partial charge is 0.335 e. The Morgan fingerprint density at radius 2 is 2.00 bits per heavy atom. The second kappa shape index (κ2) is 4.23. The summed E-state index contributed by atoms with van der Waals surface area (Å²) in [5.74, 6) is -0.944. The first-order valence-electron chi connectivity index (χ1n) is 5.39. The quantitative estimate of drug-likeness (QED) is 0.695. The van der Waals surface area contributed by atoms with E-state index in [9.17, 15) is 9.90 Å². The van der Waals surface area contributed by atoms with Gasteiger partial charge in [-0.2, -0.15) is 0 Å². The lowest BCUT2D eigenvalue weighted by Crippen LogP contribution is -2.43. The number of benzene rings is 1. The SMILES string of the molecule is O=C(O)c1ccc(C2(O)CCCNC2)cc1. The summed E-state index contributed by atoms with van der Waals surface area (Å²) in [4.78, 5) is 10.7. The van der Waals surface area contributed by atoms with E-state index in [2.05, 4.69) is 5.32 Å². The van der Waals surface area contributed by atoms with Gasteiger partial charge in [-0.15, -0.1) is 0 Å². The fourth-order valence-corrected chi connectivity index (χ4v) is 2.06. The number of aromatic carboxylic acids is 1. The van der Waals surface area contributed by atoms with Crippen molar-refractivity contribution >= 4 is 5.97 Å². The van der Waals surface area contributed by atoms with Gasteiger partial charge in [0.1, 0.15) is 5.60 Å². The van der Waals surface area contributed by atoms with Gasteiger partial charge >= 0.3 is 5.97 Å². The third-order valence-corrected chi connectivity index (χ3v) is 3.03. The Balaban J connectivity index is 2.23. The molecular formula is C12H15NO3. The van der Waals surface area contributed by atoms with Crippen LogP contribution in [0.25, 0.3) is 0 Å². The van der Waals surface area contributed by atoms with Crippen LogP contribution in [0.5, 0.6) is 0 Å². The summed E-state index contributed by atoms with van der Waals surface area (Å²) < 4.78 is 0. The van der Waals surface area contributed by atoms with Crippen molar-refractivity contribution in [2.75, 3.05) is 13.1 Å². The van der Waals surface area contributed by atoms with E-state index < -0.39 is 11.6 Å². The molecule has 1 saturated heterocycles. The third kappa shape index (κ3) is 2.08. The topological polar surface area (TPSA) is 69.6 Å². The number of β-amino-alcohol motifs (C(OH)–C–C–N with tert-alkyl or cyclic N) is 1. The Bertz CT molecular complexity index is 380. The van der Waals surface area contributed by atoms with Crippen molar-refractivity contribution in [2.24, 2.45) is 0 Å². The minimum Gasteiger partial charge on any atom is -0.478 e. The molecule has 4 heteroatoms. The number of rotatable bonds is 2. The molecule has 1 fully saturated rings. The molecule has 86 valence electrons. The van der Waals surface area contributed by atoms with Crippen LogP contribution >= 0.6 is 0 Å². The zero-order valence-electron chi connectivity index (χ0n) is 8.94. The van der Waals surface area contributed by atoms with Gasteiger partial charge in [0.25, 0.3) is 0 Å². The van der Waals surface area contributed by atoms with Crippen LogP contribution in [0.15, 0.2) is 24.3 Å². The number of carboxylic acids is 1. The molecule has 0 amide bonds. The highest BCUT2D eigenvalue weighted by Gasteiger charge is 2.30. The Morgan fingerprint density at radius 3 is 2.50 bits per heavy atom. The van der Waals surface area contributed by atoms with Gasteiger partial charge in [-0.1, -0.05) is 12.1 Å². The molecule has 1 aliphatic rings. The molecule has 1 aliphatic heterocycles. The zero-order valence-corrected chi connectivity index (χ0v) is 8.94. The first-order chi connectivity index (χ1) is 7.62. The molecule has 1 aromatic rings. The van der Waals surface area contributed by atoms with Gasteiger partial charge in [0.2, 0.25) is 0 Å². The summed E-state index contributed by atoms with van der Waals surface area (Å²) in [5, 5.41) is 22.3. The molecule has 1 aromatic carbocycles. The molecular weight excluding hydrogens is 206 g/mol. The standard InChI is InChI=1S/C12H15NO3/c14-11(15)9-2-4-10(5-3-9)12(16)6-1-7-13-8-12/h2-5,13,16H,1,6-8H2,(H,14,15). The summed E-state index contributed by atoms with van der Waals surface area (Å²) in [6.45, 7) is 1.45. The Hall–Kier alpha value is -1.39. The number of hydrogen-bond acceptors (Lipinski definition) is 3. The summed E-state index contributed by atoms with van der Waals surface area (Å²) in [5.41, 5.74) is 0.177. The molecule has 0 radical (unpaired) electrons. The van der Waals surface area contributed by atoms with Crippen LogP contribution in [-0.4, -0.2) is 29.3 Å². The van der Waals surface area contributed by atoms with E-state index >= 15 is 0 Å².